The van der Waals surface area contributed by atoms with Crippen molar-refractivity contribution in [2.45, 2.75) is 39.4 Å². The van der Waals surface area contributed by atoms with Crippen molar-refractivity contribution in [3.8, 4) is 11.5 Å². The molecule has 1 amide bonds. The fourth-order valence-corrected chi connectivity index (χ4v) is 3.60. The van der Waals surface area contributed by atoms with Crippen molar-refractivity contribution >= 4 is 35.8 Å². The van der Waals surface area contributed by atoms with Crippen LogP contribution in [0.25, 0.3) is 0 Å². The molecule has 7 nitrogen and oxygen atoms in total. The molecule has 174 valence electrons. The Hall–Kier alpha value is -2.49. The van der Waals surface area contributed by atoms with Crippen LogP contribution in [0, 0.1) is 0 Å². The highest BCUT2D eigenvalue weighted by Gasteiger charge is 2.22. The van der Waals surface area contributed by atoms with Gasteiger partial charge in [-0.1, -0.05) is 24.3 Å². The van der Waals surface area contributed by atoms with E-state index in [-0.39, 0.29) is 29.9 Å². The molecule has 0 aliphatic carbocycles. The lowest BCUT2D eigenvalue weighted by molar-refractivity contribution is -0.131. The van der Waals surface area contributed by atoms with Gasteiger partial charge in [0.2, 0.25) is 5.91 Å². The summed E-state index contributed by atoms with van der Waals surface area (Å²) in [4.78, 5) is 19.1. The zero-order valence-electron chi connectivity index (χ0n) is 19.0. The second-order valence-corrected chi connectivity index (χ2v) is 7.42. The Kier molecular flexibility index (Phi) is 10.6. The van der Waals surface area contributed by atoms with E-state index < -0.39 is 0 Å². The molecule has 1 aliphatic rings. The highest BCUT2D eigenvalue weighted by Crippen LogP contribution is 2.25. The van der Waals surface area contributed by atoms with Gasteiger partial charge in [0.25, 0.3) is 0 Å². The maximum Gasteiger partial charge on any atom is 0.223 e. The van der Waals surface area contributed by atoms with Gasteiger partial charge in [0.05, 0.1) is 20.8 Å². The first-order chi connectivity index (χ1) is 15.1. The quantitative estimate of drug-likeness (QED) is 0.215. The number of ether oxygens (including phenoxy) is 2. The average Bonchev–Trinajstić information content (AvgIpc) is 3.24. The van der Waals surface area contributed by atoms with Gasteiger partial charge >= 0.3 is 0 Å². The van der Waals surface area contributed by atoms with E-state index >= 15 is 0 Å². The summed E-state index contributed by atoms with van der Waals surface area (Å²) in [6.45, 7) is 5.38. The lowest BCUT2D eigenvalue weighted by Crippen LogP contribution is -2.38. The number of amides is 1. The number of guanidine groups is 1. The van der Waals surface area contributed by atoms with Gasteiger partial charge in [-0.05, 0) is 36.6 Å². The minimum absolute atomic E-state index is 0. The molecule has 1 heterocycles. The van der Waals surface area contributed by atoms with Crippen LogP contribution in [0.3, 0.4) is 0 Å². The van der Waals surface area contributed by atoms with Gasteiger partial charge in [-0.15, -0.1) is 24.0 Å². The number of carbonyl (C=O) groups excluding carboxylic acids is 1. The normalized spacial score (nSPS) is 12.6. The van der Waals surface area contributed by atoms with Gasteiger partial charge in [-0.3, -0.25) is 4.79 Å². The van der Waals surface area contributed by atoms with E-state index in [1.54, 1.807) is 14.2 Å². The van der Waals surface area contributed by atoms with E-state index in [0.717, 1.165) is 49.1 Å². The van der Waals surface area contributed by atoms with Gasteiger partial charge in [0.1, 0.15) is 11.5 Å². The molecule has 0 spiro atoms. The van der Waals surface area contributed by atoms with Crippen LogP contribution in [0.5, 0.6) is 11.5 Å². The Morgan fingerprint density at radius 1 is 1.06 bits per heavy atom. The second-order valence-electron chi connectivity index (χ2n) is 7.42. The van der Waals surface area contributed by atoms with Gasteiger partial charge < -0.3 is 25.0 Å². The highest BCUT2D eigenvalue weighted by molar-refractivity contribution is 14.0. The molecule has 0 bridgehead atoms. The minimum Gasteiger partial charge on any atom is -0.497 e. The van der Waals surface area contributed by atoms with E-state index in [2.05, 4.69) is 27.8 Å². The van der Waals surface area contributed by atoms with Crippen LogP contribution >= 0.6 is 24.0 Å². The molecule has 2 N–H and O–H groups in total. The van der Waals surface area contributed by atoms with Crippen LogP contribution in [-0.2, 0) is 24.4 Å². The van der Waals surface area contributed by atoms with E-state index in [1.165, 1.54) is 11.1 Å². The van der Waals surface area contributed by atoms with Gasteiger partial charge in [0, 0.05) is 44.2 Å². The second kappa shape index (κ2) is 13.1. The third-order valence-corrected chi connectivity index (χ3v) is 5.30. The van der Waals surface area contributed by atoms with E-state index in [4.69, 9.17) is 9.47 Å². The smallest absolute Gasteiger partial charge is 0.223 e. The summed E-state index contributed by atoms with van der Waals surface area (Å²) >= 11 is 0. The Balaban J connectivity index is 0.00000363. The monoisotopic (exact) mass is 552 g/mol. The van der Waals surface area contributed by atoms with Crippen LogP contribution in [0.15, 0.2) is 47.5 Å². The van der Waals surface area contributed by atoms with Gasteiger partial charge in [-0.2, -0.15) is 0 Å². The fourth-order valence-electron chi connectivity index (χ4n) is 3.60. The fraction of sp³-hybridized carbons (Fsp3) is 0.417. The highest BCUT2D eigenvalue weighted by atomic mass is 127. The standard InChI is InChI=1S/C24H32N4O3.HI/c1-4-25-24(27-15-18-11-12-21(30-2)14-22(18)31-3)26-13-7-10-23(29)28-16-19-8-5-6-9-20(19)17-28;/h5-6,8-9,11-12,14H,4,7,10,13,15-17H2,1-3H3,(H2,25,26,27);1H. The number of aliphatic imine (C=N–C) groups is 1. The molecule has 0 fully saturated rings. The number of fused-ring (bicyclic) bond motifs is 1. The molecule has 2 aromatic rings. The van der Waals surface area contributed by atoms with E-state index in [1.807, 2.05) is 42.2 Å². The van der Waals surface area contributed by atoms with Crippen LogP contribution < -0.4 is 20.1 Å². The molecule has 0 unspecified atom stereocenters. The van der Waals surface area contributed by atoms with Crippen LogP contribution in [-0.4, -0.2) is 44.1 Å². The number of hydrogen-bond acceptors (Lipinski definition) is 4. The number of rotatable bonds is 9. The number of carbonyl (C=O) groups is 1. The Bertz CT molecular complexity index is 895. The van der Waals surface area contributed by atoms with Crippen LogP contribution in [0.4, 0.5) is 0 Å². The maximum absolute atomic E-state index is 12.5. The molecule has 0 radical (unpaired) electrons. The Labute approximate surface area is 207 Å². The average molecular weight is 552 g/mol. The van der Waals surface area contributed by atoms with Gasteiger partial charge in [-0.25, -0.2) is 4.99 Å². The maximum atomic E-state index is 12.5. The van der Waals surface area contributed by atoms with Crippen molar-refractivity contribution < 1.29 is 14.3 Å². The summed E-state index contributed by atoms with van der Waals surface area (Å²) in [7, 11) is 3.27. The molecule has 0 aromatic heterocycles. The minimum atomic E-state index is 0. The molecular weight excluding hydrogens is 519 g/mol. The SMILES string of the molecule is CCNC(=NCc1ccc(OC)cc1OC)NCCCC(=O)N1Cc2ccccc2C1.I. The number of nitrogens with zero attached hydrogens (tertiary/aromatic N) is 2. The first-order valence-electron chi connectivity index (χ1n) is 10.7. The molecule has 2 aromatic carbocycles. The lowest BCUT2D eigenvalue weighted by atomic mass is 10.1. The summed E-state index contributed by atoms with van der Waals surface area (Å²) < 4.78 is 10.7. The third-order valence-electron chi connectivity index (χ3n) is 5.30. The molecule has 1 aliphatic heterocycles. The number of methoxy groups -OCH3 is 2. The molecular formula is C24H33IN4O3. The topological polar surface area (TPSA) is 75.2 Å². The first kappa shape index (κ1) is 25.8. The Morgan fingerprint density at radius 2 is 1.78 bits per heavy atom. The zero-order chi connectivity index (χ0) is 22.1. The van der Waals surface area contributed by atoms with E-state index in [9.17, 15) is 4.79 Å². The summed E-state index contributed by atoms with van der Waals surface area (Å²) in [5, 5.41) is 6.56. The number of benzene rings is 2. The first-order valence-corrected chi connectivity index (χ1v) is 10.7. The molecule has 3 rings (SSSR count). The van der Waals surface area contributed by atoms with Crippen molar-refractivity contribution in [2.24, 2.45) is 4.99 Å². The lowest BCUT2D eigenvalue weighted by Gasteiger charge is -2.16. The van der Waals surface area contributed by atoms with Crippen molar-refractivity contribution in [1.29, 1.82) is 0 Å². The van der Waals surface area contributed by atoms with Gasteiger partial charge in [0.15, 0.2) is 5.96 Å². The molecule has 32 heavy (non-hydrogen) atoms. The van der Waals surface area contributed by atoms with Crippen LogP contribution in [0.2, 0.25) is 0 Å². The number of hydrogen-bond donors (Lipinski definition) is 2. The number of halogens is 1. The van der Waals surface area contributed by atoms with Crippen molar-refractivity contribution in [3.63, 3.8) is 0 Å². The summed E-state index contributed by atoms with van der Waals surface area (Å²) in [6.07, 6.45) is 1.27. The molecule has 8 heteroatoms. The third kappa shape index (κ3) is 7.01. The van der Waals surface area contributed by atoms with Crippen molar-refractivity contribution in [3.05, 3.63) is 59.2 Å². The summed E-state index contributed by atoms with van der Waals surface area (Å²) in [5.74, 6) is 2.42. The van der Waals surface area contributed by atoms with Crippen LogP contribution in [0.1, 0.15) is 36.5 Å². The summed E-state index contributed by atoms with van der Waals surface area (Å²) in [5.41, 5.74) is 3.48. The Morgan fingerprint density at radius 3 is 2.41 bits per heavy atom. The predicted octanol–water partition coefficient (Wildman–Crippen LogP) is 3.70. The number of nitrogens with one attached hydrogen (secondary N) is 2. The predicted molar refractivity (Wildman–Crippen MR) is 138 cm³/mol. The van der Waals surface area contributed by atoms with E-state index in [0.29, 0.717) is 19.5 Å². The van der Waals surface area contributed by atoms with Crippen molar-refractivity contribution in [2.75, 3.05) is 27.3 Å². The molecule has 0 saturated carbocycles. The zero-order valence-corrected chi connectivity index (χ0v) is 21.3. The summed E-state index contributed by atoms with van der Waals surface area (Å²) in [6, 6.07) is 14.0. The molecule has 0 atom stereocenters. The largest absolute Gasteiger partial charge is 0.497 e. The molecule has 0 saturated heterocycles. The van der Waals surface area contributed by atoms with Crippen molar-refractivity contribution in [1.82, 2.24) is 15.5 Å².